The van der Waals surface area contributed by atoms with E-state index < -0.39 is 0 Å². The number of hydrogen-bond donors (Lipinski definition) is 1. The summed E-state index contributed by atoms with van der Waals surface area (Å²) in [5.74, 6) is 3.07. The van der Waals surface area contributed by atoms with Gasteiger partial charge in [0.25, 0.3) is 0 Å². The summed E-state index contributed by atoms with van der Waals surface area (Å²) in [6.45, 7) is 5.04. The molecular weight excluding hydrogens is 222 g/mol. The van der Waals surface area contributed by atoms with E-state index in [9.17, 15) is 0 Å². The highest BCUT2D eigenvalue weighted by atomic mass is 35.5. The number of nitrogens with one attached hydrogen (secondary N) is 1. The van der Waals surface area contributed by atoms with Crippen LogP contribution in [0, 0.1) is 12.8 Å². The first-order valence-electron chi connectivity index (χ1n) is 5.85. The Morgan fingerprint density at radius 2 is 2.25 bits per heavy atom. The van der Waals surface area contributed by atoms with Crippen molar-refractivity contribution in [1.29, 1.82) is 0 Å². The fraction of sp³-hybridized carbons (Fsp3) is 0.667. The Kier molecular flexibility index (Phi) is 6.16. The molecule has 0 aliphatic rings. The van der Waals surface area contributed by atoms with Crippen LogP contribution in [0.2, 0.25) is 0 Å². The molecule has 1 atom stereocenters. The molecule has 1 heterocycles. The summed E-state index contributed by atoms with van der Waals surface area (Å²) in [4.78, 5) is 8.38. The highest BCUT2D eigenvalue weighted by Gasteiger charge is 2.07. The second-order valence-corrected chi connectivity index (χ2v) is 4.38. The molecule has 0 aliphatic carbocycles. The minimum atomic E-state index is 0.637. The van der Waals surface area contributed by atoms with Crippen molar-refractivity contribution in [3.8, 4) is 0 Å². The average Bonchev–Trinajstić information content (AvgIpc) is 2.27. The van der Waals surface area contributed by atoms with Gasteiger partial charge in [-0.3, -0.25) is 0 Å². The molecule has 4 heteroatoms. The molecule has 0 amide bonds. The molecule has 1 unspecified atom stereocenters. The predicted octanol–water partition coefficient (Wildman–Crippen LogP) is 3.24. The number of hydrogen-bond acceptors (Lipinski definition) is 3. The van der Waals surface area contributed by atoms with Gasteiger partial charge in [0.15, 0.2) is 0 Å². The van der Waals surface area contributed by atoms with Crippen molar-refractivity contribution in [2.24, 2.45) is 5.92 Å². The summed E-state index contributed by atoms with van der Waals surface area (Å²) in [5.41, 5.74) is 0. The van der Waals surface area contributed by atoms with Gasteiger partial charge < -0.3 is 5.32 Å². The maximum Gasteiger partial charge on any atom is 0.129 e. The molecule has 1 aromatic heterocycles. The summed E-state index contributed by atoms with van der Waals surface area (Å²) in [6, 6.07) is 1.90. The van der Waals surface area contributed by atoms with E-state index in [4.69, 9.17) is 11.6 Å². The van der Waals surface area contributed by atoms with Crippen molar-refractivity contribution in [2.45, 2.75) is 33.1 Å². The molecule has 16 heavy (non-hydrogen) atoms. The number of alkyl halides is 1. The van der Waals surface area contributed by atoms with Crippen LogP contribution in [0.15, 0.2) is 12.3 Å². The average molecular weight is 242 g/mol. The van der Waals surface area contributed by atoms with E-state index in [2.05, 4.69) is 22.2 Å². The molecule has 0 saturated heterocycles. The third-order valence-electron chi connectivity index (χ3n) is 2.56. The molecule has 0 spiro atoms. The minimum absolute atomic E-state index is 0.637. The van der Waals surface area contributed by atoms with Crippen LogP contribution in [-0.2, 0) is 0 Å². The van der Waals surface area contributed by atoms with Crippen molar-refractivity contribution in [2.75, 3.05) is 17.7 Å². The molecule has 0 aliphatic heterocycles. The molecule has 0 aromatic carbocycles. The van der Waals surface area contributed by atoms with Gasteiger partial charge in [-0.15, -0.1) is 11.6 Å². The summed E-state index contributed by atoms with van der Waals surface area (Å²) >= 11 is 5.79. The smallest absolute Gasteiger partial charge is 0.129 e. The highest BCUT2D eigenvalue weighted by Crippen LogP contribution is 2.13. The second-order valence-electron chi connectivity index (χ2n) is 4.00. The lowest BCUT2D eigenvalue weighted by Gasteiger charge is -2.15. The Labute approximate surface area is 103 Å². The summed E-state index contributed by atoms with van der Waals surface area (Å²) < 4.78 is 0. The van der Waals surface area contributed by atoms with Crippen LogP contribution in [0.5, 0.6) is 0 Å². The minimum Gasteiger partial charge on any atom is -0.370 e. The third-order valence-corrected chi connectivity index (χ3v) is 2.78. The van der Waals surface area contributed by atoms with Crippen LogP contribution in [0.25, 0.3) is 0 Å². The number of rotatable bonds is 7. The summed E-state index contributed by atoms with van der Waals surface area (Å²) in [5, 5.41) is 3.35. The van der Waals surface area contributed by atoms with Crippen LogP contribution in [-0.4, -0.2) is 22.4 Å². The fourth-order valence-electron chi connectivity index (χ4n) is 1.71. The zero-order valence-corrected chi connectivity index (χ0v) is 10.8. The van der Waals surface area contributed by atoms with E-state index >= 15 is 0 Å². The van der Waals surface area contributed by atoms with Gasteiger partial charge in [-0.25, -0.2) is 9.97 Å². The normalized spacial score (nSPS) is 12.4. The van der Waals surface area contributed by atoms with Crippen LogP contribution in [0.3, 0.4) is 0 Å². The van der Waals surface area contributed by atoms with Crippen molar-refractivity contribution >= 4 is 17.4 Å². The molecule has 0 saturated carbocycles. The largest absolute Gasteiger partial charge is 0.370 e. The third kappa shape index (κ3) is 4.79. The summed E-state index contributed by atoms with van der Waals surface area (Å²) in [7, 11) is 0. The lowest BCUT2D eigenvalue weighted by atomic mass is 10.0. The number of halogens is 1. The number of aromatic nitrogens is 2. The van der Waals surface area contributed by atoms with Crippen molar-refractivity contribution in [3.05, 3.63) is 18.1 Å². The van der Waals surface area contributed by atoms with E-state index in [1.807, 2.05) is 13.0 Å². The first-order chi connectivity index (χ1) is 7.76. The van der Waals surface area contributed by atoms with E-state index in [1.54, 1.807) is 6.20 Å². The highest BCUT2D eigenvalue weighted by molar-refractivity contribution is 6.17. The molecule has 1 N–H and O–H groups in total. The summed E-state index contributed by atoms with van der Waals surface area (Å²) in [6.07, 6.45) is 5.25. The predicted molar refractivity (Wildman–Crippen MR) is 69.0 cm³/mol. The Morgan fingerprint density at radius 1 is 1.44 bits per heavy atom. The van der Waals surface area contributed by atoms with Crippen LogP contribution < -0.4 is 5.32 Å². The quantitative estimate of drug-likeness (QED) is 0.745. The SMILES string of the molecule is CCCC(CCCl)CNc1ccnc(C)n1. The Bertz CT molecular complexity index is 298. The Balaban J connectivity index is 2.41. The van der Waals surface area contributed by atoms with Gasteiger partial charge in [-0.2, -0.15) is 0 Å². The van der Waals surface area contributed by atoms with E-state index in [0.29, 0.717) is 5.92 Å². The van der Waals surface area contributed by atoms with Crippen LogP contribution >= 0.6 is 11.6 Å². The van der Waals surface area contributed by atoms with Gasteiger partial charge in [-0.05, 0) is 31.7 Å². The number of nitrogens with zero attached hydrogens (tertiary/aromatic N) is 2. The number of anilines is 1. The topological polar surface area (TPSA) is 37.8 Å². The van der Waals surface area contributed by atoms with Crippen molar-refractivity contribution in [3.63, 3.8) is 0 Å². The van der Waals surface area contributed by atoms with Crippen LogP contribution in [0.1, 0.15) is 32.0 Å². The standard InChI is InChI=1S/C12H20ClN3/c1-3-4-11(5-7-13)9-15-12-6-8-14-10(2)16-12/h6,8,11H,3-5,7,9H2,1-2H3,(H,14,15,16). The van der Waals surface area contributed by atoms with Gasteiger partial charge in [-0.1, -0.05) is 13.3 Å². The molecule has 1 rings (SSSR count). The molecule has 3 nitrogen and oxygen atoms in total. The Hall–Kier alpha value is -0.830. The van der Waals surface area contributed by atoms with Crippen molar-refractivity contribution < 1.29 is 0 Å². The monoisotopic (exact) mass is 241 g/mol. The molecule has 90 valence electrons. The molecule has 0 fully saturated rings. The van der Waals surface area contributed by atoms with Gasteiger partial charge in [0, 0.05) is 18.6 Å². The number of aryl methyl sites for hydroxylation is 1. The lowest BCUT2D eigenvalue weighted by Crippen LogP contribution is -2.15. The maximum absolute atomic E-state index is 5.79. The molecular formula is C12H20ClN3. The lowest BCUT2D eigenvalue weighted by molar-refractivity contribution is 0.489. The molecule has 0 bridgehead atoms. The molecule has 0 radical (unpaired) electrons. The van der Waals surface area contributed by atoms with Crippen LogP contribution in [0.4, 0.5) is 5.82 Å². The van der Waals surface area contributed by atoms with E-state index in [0.717, 1.165) is 30.5 Å². The Morgan fingerprint density at radius 3 is 2.88 bits per heavy atom. The second kappa shape index (κ2) is 7.44. The van der Waals surface area contributed by atoms with E-state index in [1.165, 1.54) is 12.8 Å². The van der Waals surface area contributed by atoms with Gasteiger partial charge in [0.05, 0.1) is 0 Å². The van der Waals surface area contributed by atoms with Gasteiger partial charge >= 0.3 is 0 Å². The van der Waals surface area contributed by atoms with Crippen molar-refractivity contribution in [1.82, 2.24) is 9.97 Å². The van der Waals surface area contributed by atoms with Gasteiger partial charge in [0.1, 0.15) is 11.6 Å². The zero-order chi connectivity index (χ0) is 11.8. The van der Waals surface area contributed by atoms with E-state index in [-0.39, 0.29) is 0 Å². The molecule has 1 aromatic rings. The van der Waals surface area contributed by atoms with Gasteiger partial charge in [0.2, 0.25) is 0 Å². The maximum atomic E-state index is 5.79. The first kappa shape index (κ1) is 13.2. The fourth-order valence-corrected chi connectivity index (χ4v) is 2.02. The first-order valence-corrected chi connectivity index (χ1v) is 6.39. The zero-order valence-electron chi connectivity index (χ0n) is 10.0.